The fourth-order valence-corrected chi connectivity index (χ4v) is 2.98. The zero-order valence-electron chi connectivity index (χ0n) is 12.4. The van der Waals surface area contributed by atoms with Gasteiger partial charge in [-0.05, 0) is 37.2 Å². The second-order valence-electron chi connectivity index (χ2n) is 5.83. The number of rotatable bonds is 4. The van der Waals surface area contributed by atoms with E-state index in [1.807, 2.05) is 35.2 Å². The number of carbonyl (C=O) groups is 1. The van der Waals surface area contributed by atoms with Crippen LogP contribution >= 0.6 is 0 Å². The molecule has 20 heavy (non-hydrogen) atoms. The number of benzene rings is 1. The van der Waals surface area contributed by atoms with E-state index in [0.717, 1.165) is 37.4 Å². The fraction of sp³-hybridized carbons (Fsp3) is 0.588. The van der Waals surface area contributed by atoms with Crippen LogP contribution in [0.2, 0.25) is 0 Å². The standard InChI is InChI=1S/C17H26N2O/c1-2-14-9-6-11-19(12-10-14)17(20)16(18)13-15-7-4-3-5-8-15/h3-5,7-8,14,16H,2,6,9-13,18H2,1H3/t14?,16-/m0/s1. The molecule has 1 amide bonds. The van der Waals surface area contributed by atoms with Crippen molar-refractivity contribution in [1.29, 1.82) is 0 Å². The fourth-order valence-electron chi connectivity index (χ4n) is 2.98. The zero-order valence-corrected chi connectivity index (χ0v) is 12.4. The lowest BCUT2D eigenvalue weighted by molar-refractivity contribution is -0.132. The van der Waals surface area contributed by atoms with Gasteiger partial charge in [-0.1, -0.05) is 43.7 Å². The summed E-state index contributed by atoms with van der Waals surface area (Å²) in [5.74, 6) is 0.892. The van der Waals surface area contributed by atoms with Crippen molar-refractivity contribution in [2.75, 3.05) is 13.1 Å². The van der Waals surface area contributed by atoms with Crippen LogP contribution in [0.5, 0.6) is 0 Å². The minimum absolute atomic E-state index is 0.116. The number of hydrogen-bond donors (Lipinski definition) is 1. The van der Waals surface area contributed by atoms with E-state index in [9.17, 15) is 4.79 Å². The Morgan fingerprint density at radius 2 is 2.05 bits per heavy atom. The molecule has 2 rings (SSSR count). The average molecular weight is 274 g/mol. The molecule has 1 fully saturated rings. The van der Waals surface area contributed by atoms with E-state index in [4.69, 9.17) is 5.73 Å². The Labute approximate surface area is 122 Å². The van der Waals surface area contributed by atoms with Gasteiger partial charge in [-0.3, -0.25) is 4.79 Å². The highest BCUT2D eigenvalue weighted by atomic mass is 16.2. The van der Waals surface area contributed by atoms with Gasteiger partial charge in [-0.25, -0.2) is 0 Å². The van der Waals surface area contributed by atoms with Crippen molar-refractivity contribution in [2.24, 2.45) is 11.7 Å². The Morgan fingerprint density at radius 1 is 1.30 bits per heavy atom. The van der Waals surface area contributed by atoms with Gasteiger partial charge in [-0.2, -0.15) is 0 Å². The van der Waals surface area contributed by atoms with Crippen LogP contribution in [0.4, 0.5) is 0 Å². The lowest BCUT2D eigenvalue weighted by Crippen LogP contribution is -2.45. The minimum Gasteiger partial charge on any atom is -0.341 e. The van der Waals surface area contributed by atoms with Gasteiger partial charge in [0, 0.05) is 13.1 Å². The summed E-state index contributed by atoms with van der Waals surface area (Å²) in [6.07, 6.45) is 5.34. The van der Waals surface area contributed by atoms with Gasteiger partial charge in [0.05, 0.1) is 6.04 Å². The molecule has 1 unspecified atom stereocenters. The monoisotopic (exact) mass is 274 g/mol. The van der Waals surface area contributed by atoms with Crippen molar-refractivity contribution < 1.29 is 4.79 Å². The van der Waals surface area contributed by atoms with Gasteiger partial charge >= 0.3 is 0 Å². The third-order valence-electron chi connectivity index (χ3n) is 4.35. The van der Waals surface area contributed by atoms with Gasteiger partial charge in [0.2, 0.25) is 5.91 Å². The molecule has 0 radical (unpaired) electrons. The molecule has 2 N–H and O–H groups in total. The van der Waals surface area contributed by atoms with Crippen molar-refractivity contribution >= 4 is 5.91 Å². The van der Waals surface area contributed by atoms with Crippen molar-refractivity contribution in [1.82, 2.24) is 4.90 Å². The van der Waals surface area contributed by atoms with Crippen LogP contribution in [0.15, 0.2) is 30.3 Å². The van der Waals surface area contributed by atoms with Gasteiger partial charge in [-0.15, -0.1) is 0 Å². The molecule has 0 spiro atoms. The van der Waals surface area contributed by atoms with Crippen LogP contribution in [0.3, 0.4) is 0 Å². The van der Waals surface area contributed by atoms with E-state index < -0.39 is 6.04 Å². The highest BCUT2D eigenvalue weighted by molar-refractivity contribution is 5.82. The van der Waals surface area contributed by atoms with Gasteiger partial charge in [0.25, 0.3) is 0 Å². The molecule has 1 aliphatic rings. The molecule has 0 aromatic heterocycles. The number of carbonyl (C=O) groups excluding carboxylic acids is 1. The third-order valence-corrected chi connectivity index (χ3v) is 4.35. The Balaban J connectivity index is 1.89. The van der Waals surface area contributed by atoms with Crippen molar-refractivity contribution in [2.45, 2.75) is 45.1 Å². The maximum absolute atomic E-state index is 12.5. The van der Waals surface area contributed by atoms with E-state index in [2.05, 4.69) is 6.92 Å². The molecule has 1 heterocycles. The molecule has 0 aliphatic carbocycles. The van der Waals surface area contributed by atoms with Crippen LogP contribution < -0.4 is 5.73 Å². The SMILES string of the molecule is CCC1CCCN(C(=O)[C@@H](N)Cc2ccccc2)CC1. The predicted octanol–water partition coefficient (Wildman–Crippen LogP) is 2.60. The normalized spacial score (nSPS) is 21.3. The van der Waals surface area contributed by atoms with Crippen molar-refractivity contribution in [3.63, 3.8) is 0 Å². The summed E-state index contributed by atoms with van der Waals surface area (Å²) in [4.78, 5) is 14.4. The second-order valence-corrected chi connectivity index (χ2v) is 5.83. The summed E-state index contributed by atoms with van der Waals surface area (Å²) >= 11 is 0. The first-order valence-corrected chi connectivity index (χ1v) is 7.79. The van der Waals surface area contributed by atoms with Crippen LogP contribution in [0, 0.1) is 5.92 Å². The van der Waals surface area contributed by atoms with Gasteiger partial charge in [0.15, 0.2) is 0 Å². The molecule has 3 heteroatoms. The van der Waals surface area contributed by atoms with Gasteiger partial charge < -0.3 is 10.6 Å². The number of nitrogens with two attached hydrogens (primary N) is 1. The Bertz CT molecular complexity index is 418. The third kappa shape index (κ3) is 4.07. The van der Waals surface area contributed by atoms with Gasteiger partial charge in [0.1, 0.15) is 0 Å². The molecule has 0 saturated carbocycles. The molecule has 1 aromatic carbocycles. The van der Waals surface area contributed by atoms with E-state index >= 15 is 0 Å². The minimum atomic E-state index is -0.407. The Hall–Kier alpha value is -1.35. The summed E-state index contributed by atoms with van der Waals surface area (Å²) in [6, 6.07) is 9.62. The first-order chi connectivity index (χ1) is 9.70. The molecule has 1 aliphatic heterocycles. The number of nitrogens with zero attached hydrogens (tertiary/aromatic N) is 1. The van der Waals surface area contributed by atoms with Crippen LogP contribution in [-0.4, -0.2) is 29.9 Å². The molecule has 1 aromatic rings. The van der Waals surface area contributed by atoms with E-state index in [0.29, 0.717) is 6.42 Å². The summed E-state index contributed by atoms with van der Waals surface area (Å²) in [5, 5.41) is 0. The van der Waals surface area contributed by atoms with E-state index in [-0.39, 0.29) is 5.91 Å². The van der Waals surface area contributed by atoms with Crippen molar-refractivity contribution in [3.05, 3.63) is 35.9 Å². The number of amides is 1. The molecule has 0 bridgehead atoms. The average Bonchev–Trinajstić information content (AvgIpc) is 2.72. The summed E-state index contributed by atoms with van der Waals surface area (Å²) in [7, 11) is 0. The lowest BCUT2D eigenvalue weighted by Gasteiger charge is -2.24. The molecule has 110 valence electrons. The lowest BCUT2D eigenvalue weighted by atomic mass is 9.98. The quantitative estimate of drug-likeness (QED) is 0.917. The topological polar surface area (TPSA) is 46.3 Å². The van der Waals surface area contributed by atoms with E-state index in [1.165, 1.54) is 12.8 Å². The maximum atomic E-state index is 12.5. The number of hydrogen-bond acceptors (Lipinski definition) is 2. The Morgan fingerprint density at radius 3 is 2.75 bits per heavy atom. The molecule has 3 nitrogen and oxygen atoms in total. The molecular formula is C17H26N2O. The maximum Gasteiger partial charge on any atom is 0.239 e. The van der Waals surface area contributed by atoms with E-state index in [1.54, 1.807) is 0 Å². The van der Waals surface area contributed by atoms with Crippen LogP contribution in [-0.2, 0) is 11.2 Å². The predicted molar refractivity (Wildman–Crippen MR) is 82.3 cm³/mol. The second kappa shape index (κ2) is 7.44. The molecule has 2 atom stereocenters. The summed E-state index contributed by atoms with van der Waals surface area (Å²) in [6.45, 7) is 3.99. The van der Waals surface area contributed by atoms with Crippen LogP contribution in [0.1, 0.15) is 38.2 Å². The highest BCUT2D eigenvalue weighted by Gasteiger charge is 2.24. The first-order valence-electron chi connectivity index (χ1n) is 7.79. The largest absolute Gasteiger partial charge is 0.341 e. The highest BCUT2D eigenvalue weighted by Crippen LogP contribution is 2.20. The zero-order chi connectivity index (χ0) is 14.4. The molecular weight excluding hydrogens is 248 g/mol. The summed E-state index contributed by atoms with van der Waals surface area (Å²) < 4.78 is 0. The van der Waals surface area contributed by atoms with Crippen LogP contribution in [0.25, 0.3) is 0 Å². The molecule has 1 saturated heterocycles. The van der Waals surface area contributed by atoms with Crippen molar-refractivity contribution in [3.8, 4) is 0 Å². The number of likely N-dealkylation sites (tertiary alicyclic amines) is 1. The first kappa shape index (κ1) is 15.0. The smallest absolute Gasteiger partial charge is 0.239 e. The summed E-state index contributed by atoms with van der Waals surface area (Å²) in [5.41, 5.74) is 7.24. The Kier molecular flexibility index (Phi) is 5.60.